The zero-order valence-electron chi connectivity index (χ0n) is 12.7. The molecule has 0 saturated carbocycles. The molecule has 0 amide bonds. The first-order valence-electron chi connectivity index (χ1n) is 6.81. The Bertz CT molecular complexity index is 612. The molecule has 5 heteroatoms. The highest BCUT2D eigenvalue weighted by molar-refractivity contribution is 7.12. The van der Waals surface area contributed by atoms with E-state index in [1.54, 1.807) is 31.6 Å². The minimum atomic E-state index is 0.0565. The molecule has 1 N–H and O–H groups in total. The van der Waals surface area contributed by atoms with Gasteiger partial charge < -0.3 is 14.8 Å². The van der Waals surface area contributed by atoms with E-state index in [1.807, 2.05) is 6.07 Å². The first kappa shape index (κ1) is 16.1. The maximum atomic E-state index is 6.45. The summed E-state index contributed by atoms with van der Waals surface area (Å²) in [6, 6.07) is 8.07. The number of hydrogen-bond donors (Lipinski definition) is 1. The Kier molecular flexibility index (Phi) is 5.51. The van der Waals surface area contributed by atoms with Crippen LogP contribution in [-0.2, 0) is 0 Å². The summed E-state index contributed by atoms with van der Waals surface area (Å²) in [5, 5.41) is 4.16. The molecule has 1 aromatic carbocycles. The van der Waals surface area contributed by atoms with Gasteiger partial charge in [-0.3, -0.25) is 0 Å². The van der Waals surface area contributed by atoms with Gasteiger partial charge in [-0.25, -0.2) is 0 Å². The fourth-order valence-corrected chi connectivity index (χ4v) is 3.50. The molecule has 0 radical (unpaired) electrons. The number of aryl methyl sites for hydroxylation is 1. The predicted molar refractivity (Wildman–Crippen MR) is 89.1 cm³/mol. The van der Waals surface area contributed by atoms with Crippen LogP contribution in [0.15, 0.2) is 24.3 Å². The zero-order chi connectivity index (χ0) is 15.4. The average Bonchev–Trinajstić information content (AvgIpc) is 2.91. The highest BCUT2D eigenvalue weighted by atomic mass is 35.5. The van der Waals surface area contributed by atoms with E-state index in [0.29, 0.717) is 16.5 Å². The summed E-state index contributed by atoms with van der Waals surface area (Å²) < 4.78 is 10.7. The average molecular weight is 326 g/mol. The quantitative estimate of drug-likeness (QED) is 0.852. The molecule has 1 atom stereocenters. The van der Waals surface area contributed by atoms with Crippen molar-refractivity contribution in [2.45, 2.75) is 19.9 Å². The van der Waals surface area contributed by atoms with Crippen molar-refractivity contribution in [3.8, 4) is 11.5 Å². The van der Waals surface area contributed by atoms with E-state index in [4.69, 9.17) is 21.1 Å². The first-order valence-corrected chi connectivity index (χ1v) is 8.01. The molecule has 0 aliphatic carbocycles. The van der Waals surface area contributed by atoms with Crippen LogP contribution in [0.4, 0.5) is 0 Å². The van der Waals surface area contributed by atoms with Gasteiger partial charge in [-0.15, -0.1) is 11.3 Å². The second-order valence-electron chi connectivity index (χ2n) is 4.67. The van der Waals surface area contributed by atoms with Crippen LogP contribution in [0.2, 0.25) is 5.02 Å². The third-order valence-electron chi connectivity index (χ3n) is 3.27. The summed E-state index contributed by atoms with van der Waals surface area (Å²) in [4.78, 5) is 2.52. The van der Waals surface area contributed by atoms with Crippen LogP contribution in [-0.4, -0.2) is 20.8 Å². The third-order valence-corrected chi connectivity index (χ3v) is 4.66. The molecule has 2 aromatic rings. The summed E-state index contributed by atoms with van der Waals surface area (Å²) in [6.07, 6.45) is 0. The summed E-state index contributed by atoms with van der Waals surface area (Å²) in [6.45, 7) is 5.04. The fourth-order valence-electron chi connectivity index (χ4n) is 2.27. The minimum Gasteiger partial charge on any atom is -0.493 e. The van der Waals surface area contributed by atoms with Gasteiger partial charge in [0.1, 0.15) is 0 Å². The van der Waals surface area contributed by atoms with Gasteiger partial charge in [-0.1, -0.05) is 18.5 Å². The standard InChI is InChI=1S/C16H20ClNO2S/c1-5-18-16(15-7-6-10(2)21-15)11-8-13(19-3)14(20-4)9-12(11)17/h6-9,16,18H,5H2,1-4H3. The molecule has 1 aromatic heterocycles. The van der Waals surface area contributed by atoms with Crippen molar-refractivity contribution in [1.29, 1.82) is 0 Å². The lowest BCUT2D eigenvalue weighted by atomic mass is 10.0. The Morgan fingerprint density at radius 3 is 2.38 bits per heavy atom. The highest BCUT2D eigenvalue weighted by Gasteiger charge is 2.20. The van der Waals surface area contributed by atoms with Gasteiger partial charge in [-0.2, -0.15) is 0 Å². The van der Waals surface area contributed by atoms with Crippen molar-refractivity contribution in [2.24, 2.45) is 0 Å². The van der Waals surface area contributed by atoms with Crippen LogP contribution in [0.5, 0.6) is 11.5 Å². The van der Waals surface area contributed by atoms with Crippen LogP contribution in [0.25, 0.3) is 0 Å². The molecule has 0 bridgehead atoms. The van der Waals surface area contributed by atoms with E-state index < -0.39 is 0 Å². The first-order chi connectivity index (χ1) is 10.1. The topological polar surface area (TPSA) is 30.5 Å². The van der Waals surface area contributed by atoms with E-state index in [-0.39, 0.29) is 6.04 Å². The van der Waals surface area contributed by atoms with Crippen molar-refractivity contribution in [2.75, 3.05) is 20.8 Å². The molecular weight excluding hydrogens is 306 g/mol. The maximum Gasteiger partial charge on any atom is 0.162 e. The van der Waals surface area contributed by atoms with E-state index in [9.17, 15) is 0 Å². The molecule has 0 spiro atoms. The van der Waals surface area contributed by atoms with Crippen molar-refractivity contribution in [1.82, 2.24) is 5.32 Å². The Morgan fingerprint density at radius 2 is 1.86 bits per heavy atom. The van der Waals surface area contributed by atoms with Gasteiger partial charge in [0, 0.05) is 20.8 Å². The SMILES string of the molecule is CCNC(c1ccc(C)s1)c1cc(OC)c(OC)cc1Cl. The lowest BCUT2D eigenvalue weighted by Crippen LogP contribution is -2.21. The van der Waals surface area contributed by atoms with Crippen LogP contribution in [0, 0.1) is 6.92 Å². The summed E-state index contributed by atoms with van der Waals surface area (Å²) in [5.74, 6) is 1.33. The number of halogens is 1. The Labute approximate surface area is 134 Å². The van der Waals surface area contributed by atoms with Gasteiger partial charge in [0.2, 0.25) is 0 Å². The normalized spacial score (nSPS) is 12.2. The molecule has 0 aliphatic heterocycles. The Morgan fingerprint density at radius 1 is 1.19 bits per heavy atom. The van der Waals surface area contributed by atoms with Gasteiger partial charge in [0.25, 0.3) is 0 Å². The van der Waals surface area contributed by atoms with Crippen LogP contribution in [0.3, 0.4) is 0 Å². The predicted octanol–water partition coefficient (Wildman–Crippen LogP) is 4.43. The molecule has 2 rings (SSSR count). The fraction of sp³-hybridized carbons (Fsp3) is 0.375. The zero-order valence-corrected chi connectivity index (χ0v) is 14.3. The number of hydrogen-bond acceptors (Lipinski definition) is 4. The molecule has 114 valence electrons. The van der Waals surface area contributed by atoms with Gasteiger partial charge in [-0.05, 0) is 37.2 Å². The number of benzene rings is 1. The lowest BCUT2D eigenvalue weighted by molar-refractivity contribution is 0.354. The van der Waals surface area contributed by atoms with Crippen molar-refractivity contribution in [3.05, 3.63) is 44.6 Å². The van der Waals surface area contributed by atoms with Gasteiger partial charge in [0.15, 0.2) is 11.5 Å². The van der Waals surface area contributed by atoms with Crippen LogP contribution in [0.1, 0.15) is 28.3 Å². The second kappa shape index (κ2) is 7.16. The molecule has 0 aliphatic rings. The van der Waals surface area contributed by atoms with E-state index in [2.05, 4.69) is 31.3 Å². The van der Waals surface area contributed by atoms with Gasteiger partial charge in [0.05, 0.1) is 20.3 Å². The second-order valence-corrected chi connectivity index (χ2v) is 6.39. The molecule has 1 unspecified atom stereocenters. The molecular formula is C16H20ClNO2S. The van der Waals surface area contributed by atoms with E-state index in [1.165, 1.54) is 9.75 Å². The van der Waals surface area contributed by atoms with E-state index in [0.717, 1.165) is 12.1 Å². The summed E-state index contributed by atoms with van der Waals surface area (Å²) >= 11 is 8.22. The van der Waals surface area contributed by atoms with Crippen molar-refractivity contribution >= 4 is 22.9 Å². The van der Waals surface area contributed by atoms with Gasteiger partial charge >= 0.3 is 0 Å². The van der Waals surface area contributed by atoms with Crippen LogP contribution >= 0.6 is 22.9 Å². The largest absolute Gasteiger partial charge is 0.493 e. The van der Waals surface area contributed by atoms with Crippen molar-refractivity contribution in [3.63, 3.8) is 0 Å². The maximum absolute atomic E-state index is 6.45. The number of thiophene rings is 1. The number of methoxy groups -OCH3 is 2. The minimum absolute atomic E-state index is 0.0565. The molecule has 3 nitrogen and oxygen atoms in total. The molecule has 1 heterocycles. The summed E-state index contributed by atoms with van der Waals surface area (Å²) in [7, 11) is 3.24. The molecule has 21 heavy (non-hydrogen) atoms. The number of rotatable bonds is 6. The monoisotopic (exact) mass is 325 g/mol. The molecule has 0 fully saturated rings. The molecule has 0 saturated heterocycles. The van der Waals surface area contributed by atoms with E-state index >= 15 is 0 Å². The van der Waals surface area contributed by atoms with Crippen molar-refractivity contribution < 1.29 is 9.47 Å². The summed E-state index contributed by atoms with van der Waals surface area (Å²) in [5.41, 5.74) is 0.998. The Balaban J connectivity index is 2.49. The number of nitrogens with one attached hydrogen (secondary N) is 1. The van der Waals surface area contributed by atoms with Crippen LogP contribution < -0.4 is 14.8 Å². The number of ether oxygens (including phenoxy) is 2. The smallest absolute Gasteiger partial charge is 0.162 e. The third kappa shape index (κ3) is 3.51. The highest BCUT2D eigenvalue weighted by Crippen LogP contribution is 2.39. The Hall–Kier alpha value is -1.23. The lowest BCUT2D eigenvalue weighted by Gasteiger charge is -2.20.